The third-order valence-electron chi connectivity index (χ3n) is 3.16. The van der Waals surface area contributed by atoms with Crippen LogP contribution in [-0.4, -0.2) is 11.9 Å². The van der Waals surface area contributed by atoms with Crippen molar-refractivity contribution >= 4 is 16.5 Å². The summed E-state index contributed by atoms with van der Waals surface area (Å²) in [6, 6.07) is 7.56. The minimum Gasteiger partial charge on any atom is -0.454 e. The van der Waals surface area contributed by atoms with Crippen molar-refractivity contribution in [3.05, 3.63) is 29.8 Å². The Balaban J connectivity index is 2.26. The fourth-order valence-electron chi connectivity index (χ4n) is 2.24. The van der Waals surface area contributed by atoms with Crippen molar-refractivity contribution in [3.8, 4) is 11.5 Å². The van der Waals surface area contributed by atoms with E-state index in [1.54, 1.807) is 13.8 Å². The molecule has 4 nitrogen and oxygen atoms in total. The number of nitrogen functional groups attached to an aromatic ring is 1. The zero-order valence-electron chi connectivity index (χ0n) is 10.4. The van der Waals surface area contributed by atoms with Gasteiger partial charge in [-0.15, -0.1) is 0 Å². The summed E-state index contributed by atoms with van der Waals surface area (Å²) in [6.45, 7) is 3.69. The SMILES string of the molecule is CC(C)(O)c1cc2cc3c(cc2cc1N)OCO3. The summed E-state index contributed by atoms with van der Waals surface area (Å²) < 4.78 is 10.7. The van der Waals surface area contributed by atoms with Gasteiger partial charge in [0, 0.05) is 11.3 Å². The van der Waals surface area contributed by atoms with Crippen LogP contribution in [0.3, 0.4) is 0 Å². The lowest BCUT2D eigenvalue weighted by atomic mass is 9.93. The predicted molar refractivity (Wildman–Crippen MR) is 69.7 cm³/mol. The van der Waals surface area contributed by atoms with E-state index >= 15 is 0 Å². The summed E-state index contributed by atoms with van der Waals surface area (Å²) in [7, 11) is 0. The smallest absolute Gasteiger partial charge is 0.231 e. The second-order valence-electron chi connectivity index (χ2n) is 5.05. The molecule has 0 unspecified atom stereocenters. The number of fused-ring (bicyclic) bond motifs is 2. The van der Waals surface area contributed by atoms with Gasteiger partial charge in [0.15, 0.2) is 11.5 Å². The Morgan fingerprint density at radius 1 is 1.06 bits per heavy atom. The Morgan fingerprint density at radius 3 is 2.17 bits per heavy atom. The van der Waals surface area contributed by atoms with Gasteiger partial charge in [-0.3, -0.25) is 0 Å². The summed E-state index contributed by atoms with van der Waals surface area (Å²) >= 11 is 0. The lowest BCUT2D eigenvalue weighted by molar-refractivity contribution is 0.0795. The lowest BCUT2D eigenvalue weighted by Gasteiger charge is -2.20. The van der Waals surface area contributed by atoms with Gasteiger partial charge in [0.05, 0.1) is 5.60 Å². The van der Waals surface area contributed by atoms with Crippen molar-refractivity contribution in [1.82, 2.24) is 0 Å². The van der Waals surface area contributed by atoms with Crippen LogP contribution < -0.4 is 15.2 Å². The average molecular weight is 245 g/mol. The van der Waals surface area contributed by atoms with Crippen LogP contribution in [0.15, 0.2) is 24.3 Å². The van der Waals surface area contributed by atoms with E-state index in [0.717, 1.165) is 22.3 Å². The van der Waals surface area contributed by atoms with Crippen LogP contribution in [0.5, 0.6) is 11.5 Å². The second-order valence-corrected chi connectivity index (χ2v) is 5.05. The van der Waals surface area contributed by atoms with E-state index in [4.69, 9.17) is 15.2 Å². The molecule has 4 heteroatoms. The third-order valence-corrected chi connectivity index (χ3v) is 3.16. The van der Waals surface area contributed by atoms with Gasteiger partial charge in [0.2, 0.25) is 6.79 Å². The molecule has 0 atom stereocenters. The van der Waals surface area contributed by atoms with Crippen LogP contribution in [0.25, 0.3) is 10.8 Å². The molecule has 0 amide bonds. The Morgan fingerprint density at radius 2 is 1.61 bits per heavy atom. The largest absolute Gasteiger partial charge is 0.454 e. The molecule has 0 radical (unpaired) electrons. The van der Waals surface area contributed by atoms with Gasteiger partial charge in [0.25, 0.3) is 0 Å². The number of hydrogen-bond donors (Lipinski definition) is 2. The molecule has 94 valence electrons. The third kappa shape index (κ3) is 1.66. The summed E-state index contributed by atoms with van der Waals surface area (Å²) in [4.78, 5) is 0. The zero-order valence-corrected chi connectivity index (χ0v) is 10.4. The standard InChI is InChI=1S/C14H15NO3/c1-14(2,16)10-3-8-5-12-13(18-7-17-12)6-9(8)4-11(10)15/h3-6,16H,7,15H2,1-2H3. The molecule has 2 aromatic carbocycles. The summed E-state index contributed by atoms with van der Waals surface area (Å²) in [5.41, 5.74) is 6.32. The first-order valence-corrected chi connectivity index (χ1v) is 5.81. The maximum atomic E-state index is 10.1. The van der Waals surface area contributed by atoms with Crippen LogP contribution in [0.4, 0.5) is 5.69 Å². The molecule has 3 rings (SSSR count). The van der Waals surface area contributed by atoms with E-state index in [1.165, 1.54) is 0 Å². The molecule has 0 saturated heterocycles. The van der Waals surface area contributed by atoms with Crippen LogP contribution in [0, 0.1) is 0 Å². The molecule has 1 aliphatic rings. The van der Waals surface area contributed by atoms with Gasteiger partial charge in [-0.1, -0.05) is 0 Å². The quantitative estimate of drug-likeness (QED) is 0.757. The van der Waals surface area contributed by atoms with Gasteiger partial charge in [-0.2, -0.15) is 0 Å². The fourth-order valence-corrected chi connectivity index (χ4v) is 2.24. The first-order valence-electron chi connectivity index (χ1n) is 5.81. The Labute approximate surface area is 105 Å². The molecule has 3 N–H and O–H groups in total. The number of anilines is 1. The molecule has 0 bridgehead atoms. The normalized spacial score (nSPS) is 14.2. The first kappa shape index (κ1) is 11.2. The molecular formula is C14H15NO3. The minimum atomic E-state index is -0.964. The number of rotatable bonds is 1. The number of nitrogens with two attached hydrogens (primary N) is 1. The average Bonchev–Trinajstić information content (AvgIpc) is 2.70. The fraction of sp³-hybridized carbons (Fsp3) is 0.286. The highest BCUT2D eigenvalue weighted by molar-refractivity contribution is 5.90. The van der Waals surface area contributed by atoms with Crippen molar-refractivity contribution in [2.24, 2.45) is 0 Å². The number of hydrogen-bond acceptors (Lipinski definition) is 4. The van der Waals surface area contributed by atoms with Gasteiger partial charge in [-0.05, 0) is 48.9 Å². The molecule has 2 aromatic rings. The van der Waals surface area contributed by atoms with E-state index in [9.17, 15) is 5.11 Å². The molecule has 18 heavy (non-hydrogen) atoms. The number of ether oxygens (including phenoxy) is 2. The molecule has 0 fully saturated rings. The molecular weight excluding hydrogens is 230 g/mol. The second kappa shape index (κ2) is 3.53. The highest BCUT2D eigenvalue weighted by Crippen LogP contribution is 2.38. The monoisotopic (exact) mass is 245 g/mol. The van der Waals surface area contributed by atoms with Crippen molar-refractivity contribution in [2.45, 2.75) is 19.4 Å². The Bertz CT molecular complexity index is 629. The van der Waals surface area contributed by atoms with Gasteiger partial charge in [0.1, 0.15) is 0 Å². The Kier molecular flexibility index (Phi) is 2.19. The maximum Gasteiger partial charge on any atom is 0.231 e. The molecule has 0 aromatic heterocycles. The lowest BCUT2D eigenvalue weighted by Crippen LogP contribution is -2.17. The minimum absolute atomic E-state index is 0.249. The molecule has 0 aliphatic carbocycles. The maximum absolute atomic E-state index is 10.1. The van der Waals surface area contributed by atoms with Gasteiger partial charge in [-0.25, -0.2) is 0 Å². The Hall–Kier alpha value is -1.94. The van der Waals surface area contributed by atoms with E-state index in [-0.39, 0.29) is 6.79 Å². The zero-order chi connectivity index (χ0) is 12.9. The summed E-state index contributed by atoms with van der Waals surface area (Å²) in [6.07, 6.45) is 0. The van der Waals surface area contributed by atoms with E-state index in [1.807, 2.05) is 24.3 Å². The van der Waals surface area contributed by atoms with Crippen molar-refractivity contribution < 1.29 is 14.6 Å². The van der Waals surface area contributed by atoms with Gasteiger partial charge < -0.3 is 20.3 Å². The number of benzene rings is 2. The van der Waals surface area contributed by atoms with Crippen LogP contribution in [-0.2, 0) is 5.60 Å². The highest BCUT2D eigenvalue weighted by Gasteiger charge is 2.21. The molecule has 1 heterocycles. The van der Waals surface area contributed by atoms with Gasteiger partial charge >= 0.3 is 0 Å². The topological polar surface area (TPSA) is 64.7 Å². The molecule has 0 saturated carbocycles. The number of aliphatic hydroxyl groups is 1. The predicted octanol–water partition coefficient (Wildman–Crippen LogP) is 2.38. The molecule has 1 aliphatic heterocycles. The van der Waals surface area contributed by atoms with Crippen LogP contribution in [0.1, 0.15) is 19.4 Å². The summed E-state index contributed by atoms with van der Waals surface area (Å²) in [5.74, 6) is 1.46. The van der Waals surface area contributed by atoms with E-state index < -0.39 is 5.60 Å². The highest BCUT2D eigenvalue weighted by atomic mass is 16.7. The molecule has 0 spiro atoms. The first-order chi connectivity index (χ1) is 8.45. The van der Waals surface area contributed by atoms with Crippen LogP contribution >= 0.6 is 0 Å². The van der Waals surface area contributed by atoms with Crippen molar-refractivity contribution in [2.75, 3.05) is 12.5 Å². The van der Waals surface area contributed by atoms with Crippen molar-refractivity contribution in [3.63, 3.8) is 0 Å². The van der Waals surface area contributed by atoms with E-state index in [0.29, 0.717) is 11.3 Å². The van der Waals surface area contributed by atoms with Crippen LogP contribution in [0.2, 0.25) is 0 Å². The van der Waals surface area contributed by atoms with Crippen molar-refractivity contribution in [1.29, 1.82) is 0 Å². The summed E-state index contributed by atoms with van der Waals surface area (Å²) in [5, 5.41) is 12.0. The van der Waals surface area contributed by atoms with E-state index in [2.05, 4.69) is 0 Å².